The van der Waals surface area contributed by atoms with E-state index < -0.39 is 6.09 Å². The zero-order valence-corrected chi connectivity index (χ0v) is 8.73. The van der Waals surface area contributed by atoms with Crippen LogP contribution in [0.25, 0.3) is 11.0 Å². The van der Waals surface area contributed by atoms with Gasteiger partial charge >= 0.3 is 6.09 Å². The summed E-state index contributed by atoms with van der Waals surface area (Å²) in [5.74, 6) is 0.897. The number of aromatic nitrogens is 2. The summed E-state index contributed by atoms with van der Waals surface area (Å²) in [5, 5.41) is 10.7. The molecule has 1 heterocycles. The molecule has 0 saturated heterocycles. The first kappa shape index (κ1) is 10.5. The minimum Gasteiger partial charge on any atom is -0.465 e. The summed E-state index contributed by atoms with van der Waals surface area (Å²) in [5.41, 5.74) is 1.97. The average molecular weight is 219 g/mol. The molecule has 2 rings (SSSR count). The number of aromatic amines is 1. The highest BCUT2D eigenvalue weighted by molar-refractivity contribution is 5.74. The molecule has 2 aromatic rings. The molecule has 1 amide bonds. The van der Waals surface area contributed by atoms with E-state index in [1.807, 2.05) is 24.3 Å². The van der Waals surface area contributed by atoms with Gasteiger partial charge in [-0.25, -0.2) is 9.78 Å². The molecule has 5 nitrogen and oxygen atoms in total. The second kappa shape index (κ2) is 4.65. The predicted octanol–water partition coefficient (Wildman–Crippen LogP) is 1.76. The number of nitrogens with one attached hydrogen (secondary N) is 2. The Morgan fingerprint density at radius 2 is 2.25 bits per heavy atom. The Balaban J connectivity index is 1.92. The molecular weight excluding hydrogens is 206 g/mol. The number of H-pyrrole nitrogens is 1. The topological polar surface area (TPSA) is 78.0 Å². The van der Waals surface area contributed by atoms with Gasteiger partial charge in [-0.3, -0.25) is 0 Å². The van der Waals surface area contributed by atoms with Crippen molar-refractivity contribution >= 4 is 17.1 Å². The Kier molecular flexibility index (Phi) is 3.05. The van der Waals surface area contributed by atoms with Crippen molar-refractivity contribution in [2.45, 2.75) is 12.8 Å². The molecule has 0 spiro atoms. The van der Waals surface area contributed by atoms with Crippen LogP contribution in [0.5, 0.6) is 0 Å². The van der Waals surface area contributed by atoms with E-state index >= 15 is 0 Å². The monoisotopic (exact) mass is 219 g/mol. The van der Waals surface area contributed by atoms with Crippen molar-refractivity contribution in [3.8, 4) is 0 Å². The zero-order valence-electron chi connectivity index (χ0n) is 8.73. The van der Waals surface area contributed by atoms with E-state index in [9.17, 15) is 4.79 Å². The number of amides is 1. The van der Waals surface area contributed by atoms with Gasteiger partial charge in [-0.2, -0.15) is 0 Å². The highest BCUT2D eigenvalue weighted by atomic mass is 16.4. The molecule has 0 fully saturated rings. The second-order valence-electron chi connectivity index (χ2n) is 3.54. The maximum Gasteiger partial charge on any atom is 0.404 e. The van der Waals surface area contributed by atoms with Crippen LogP contribution in [-0.2, 0) is 6.42 Å². The molecule has 0 bridgehead atoms. The number of benzene rings is 1. The van der Waals surface area contributed by atoms with Gasteiger partial charge in [-0.15, -0.1) is 0 Å². The van der Waals surface area contributed by atoms with Gasteiger partial charge in [0.2, 0.25) is 0 Å². The van der Waals surface area contributed by atoms with Crippen LogP contribution < -0.4 is 5.32 Å². The minimum atomic E-state index is -0.982. The van der Waals surface area contributed by atoms with Crippen molar-refractivity contribution < 1.29 is 9.90 Å². The van der Waals surface area contributed by atoms with Gasteiger partial charge in [-0.1, -0.05) is 12.1 Å². The van der Waals surface area contributed by atoms with Crippen LogP contribution in [0.3, 0.4) is 0 Å². The molecular formula is C11H13N3O2. The number of carboxylic acid groups (broad SMARTS) is 1. The summed E-state index contributed by atoms with van der Waals surface area (Å²) < 4.78 is 0. The highest BCUT2D eigenvalue weighted by Crippen LogP contribution is 2.10. The lowest BCUT2D eigenvalue weighted by atomic mass is 10.3. The largest absolute Gasteiger partial charge is 0.465 e. The van der Waals surface area contributed by atoms with Crippen LogP contribution in [0.4, 0.5) is 4.79 Å². The van der Waals surface area contributed by atoms with E-state index in [0.29, 0.717) is 6.54 Å². The van der Waals surface area contributed by atoms with Gasteiger partial charge in [0.25, 0.3) is 0 Å². The summed E-state index contributed by atoms with van der Waals surface area (Å²) in [6.07, 6.45) is 0.505. The minimum absolute atomic E-state index is 0.451. The number of carbonyl (C=O) groups is 1. The number of fused-ring (bicyclic) bond motifs is 1. The third-order valence-corrected chi connectivity index (χ3v) is 2.31. The Morgan fingerprint density at radius 3 is 3.00 bits per heavy atom. The van der Waals surface area contributed by atoms with E-state index in [1.54, 1.807) is 0 Å². The van der Waals surface area contributed by atoms with Crippen LogP contribution in [0, 0.1) is 0 Å². The maximum atomic E-state index is 10.2. The van der Waals surface area contributed by atoms with Crippen molar-refractivity contribution in [1.82, 2.24) is 15.3 Å². The van der Waals surface area contributed by atoms with E-state index in [4.69, 9.17) is 5.11 Å². The van der Waals surface area contributed by atoms with Crippen molar-refractivity contribution in [1.29, 1.82) is 0 Å². The lowest BCUT2D eigenvalue weighted by Gasteiger charge is -1.98. The van der Waals surface area contributed by atoms with Crippen LogP contribution in [0.1, 0.15) is 12.2 Å². The van der Waals surface area contributed by atoms with Gasteiger partial charge < -0.3 is 15.4 Å². The Morgan fingerprint density at radius 1 is 1.44 bits per heavy atom. The van der Waals surface area contributed by atoms with Crippen molar-refractivity contribution in [2.75, 3.05) is 6.54 Å². The fourth-order valence-electron chi connectivity index (χ4n) is 1.58. The summed E-state index contributed by atoms with van der Waals surface area (Å²) in [6.45, 7) is 0.451. The molecule has 0 radical (unpaired) electrons. The predicted molar refractivity (Wildman–Crippen MR) is 60.4 cm³/mol. The van der Waals surface area contributed by atoms with Gasteiger partial charge in [0.05, 0.1) is 11.0 Å². The standard InChI is InChI=1S/C11H13N3O2/c15-11(16)12-7-3-6-10-13-8-4-1-2-5-9(8)14-10/h1-2,4-5,12H,3,6-7H2,(H,13,14)(H,15,16). The average Bonchev–Trinajstić information content (AvgIpc) is 2.66. The van der Waals surface area contributed by atoms with E-state index in [1.165, 1.54) is 0 Å². The number of hydrogen-bond donors (Lipinski definition) is 3. The van der Waals surface area contributed by atoms with Gasteiger partial charge in [0, 0.05) is 13.0 Å². The second-order valence-corrected chi connectivity index (χ2v) is 3.54. The number of rotatable bonds is 4. The van der Waals surface area contributed by atoms with E-state index in [0.717, 1.165) is 29.7 Å². The van der Waals surface area contributed by atoms with Crippen molar-refractivity contribution in [3.05, 3.63) is 30.1 Å². The number of hydrogen-bond acceptors (Lipinski definition) is 2. The maximum absolute atomic E-state index is 10.2. The smallest absolute Gasteiger partial charge is 0.404 e. The molecule has 84 valence electrons. The fourth-order valence-corrected chi connectivity index (χ4v) is 1.58. The number of para-hydroxylation sites is 2. The van der Waals surface area contributed by atoms with Crippen LogP contribution >= 0.6 is 0 Å². The first-order valence-corrected chi connectivity index (χ1v) is 5.16. The van der Waals surface area contributed by atoms with E-state index in [-0.39, 0.29) is 0 Å². The molecule has 3 N–H and O–H groups in total. The highest BCUT2D eigenvalue weighted by Gasteiger charge is 2.01. The SMILES string of the molecule is O=C(O)NCCCc1nc2ccccc2[nH]1. The van der Waals surface area contributed by atoms with Gasteiger partial charge in [0.1, 0.15) is 5.82 Å². The third-order valence-electron chi connectivity index (χ3n) is 2.31. The zero-order chi connectivity index (χ0) is 11.4. The summed E-state index contributed by atoms with van der Waals surface area (Å²) >= 11 is 0. The quantitative estimate of drug-likeness (QED) is 0.685. The lowest BCUT2D eigenvalue weighted by Crippen LogP contribution is -2.22. The number of nitrogens with zero attached hydrogens (tertiary/aromatic N) is 1. The molecule has 16 heavy (non-hydrogen) atoms. The Bertz CT molecular complexity index is 460. The van der Waals surface area contributed by atoms with Gasteiger partial charge in [0.15, 0.2) is 0 Å². The first-order chi connectivity index (χ1) is 7.75. The molecule has 1 aromatic carbocycles. The fraction of sp³-hybridized carbons (Fsp3) is 0.273. The molecule has 0 atom stereocenters. The van der Waals surface area contributed by atoms with E-state index in [2.05, 4.69) is 15.3 Å². The van der Waals surface area contributed by atoms with Crippen LogP contribution in [0.2, 0.25) is 0 Å². The van der Waals surface area contributed by atoms with Crippen molar-refractivity contribution in [3.63, 3.8) is 0 Å². The number of imidazole rings is 1. The number of aryl methyl sites for hydroxylation is 1. The van der Waals surface area contributed by atoms with Crippen LogP contribution in [-0.4, -0.2) is 27.7 Å². The molecule has 0 aliphatic carbocycles. The summed E-state index contributed by atoms with van der Waals surface area (Å²) in [4.78, 5) is 17.8. The third kappa shape index (κ3) is 2.50. The summed E-state index contributed by atoms with van der Waals surface area (Å²) in [6, 6.07) is 7.82. The molecule has 0 aliphatic rings. The molecule has 5 heteroatoms. The summed E-state index contributed by atoms with van der Waals surface area (Å²) in [7, 11) is 0. The first-order valence-electron chi connectivity index (χ1n) is 5.16. The van der Waals surface area contributed by atoms with Crippen molar-refractivity contribution in [2.24, 2.45) is 0 Å². The molecule has 0 aliphatic heterocycles. The molecule has 0 saturated carbocycles. The van der Waals surface area contributed by atoms with Gasteiger partial charge in [-0.05, 0) is 18.6 Å². The molecule has 1 aromatic heterocycles. The Hall–Kier alpha value is -2.04. The van der Waals surface area contributed by atoms with Crippen LogP contribution in [0.15, 0.2) is 24.3 Å². The molecule has 0 unspecified atom stereocenters. The Labute approximate surface area is 92.5 Å². The normalized spacial score (nSPS) is 10.5. The lowest BCUT2D eigenvalue weighted by molar-refractivity contribution is 0.194.